The van der Waals surface area contributed by atoms with E-state index in [1.165, 1.54) is 6.33 Å². The molecule has 0 atom stereocenters. The van der Waals surface area contributed by atoms with Crippen LogP contribution >= 0.6 is 0 Å². The van der Waals surface area contributed by atoms with Crippen LogP contribution in [-0.2, 0) is 0 Å². The van der Waals surface area contributed by atoms with Crippen LogP contribution in [0, 0.1) is 11.3 Å². The van der Waals surface area contributed by atoms with Gasteiger partial charge in [0, 0.05) is 20.1 Å². The Balaban J connectivity index is 2.98. The van der Waals surface area contributed by atoms with E-state index in [4.69, 9.17) is 10.00 Å². The summed E-state index contributed by atoms with van der Waals surface area (Å²) < 4.78 is 5.32. The Morgan fingerprint density at radius 1 is 1.53 bits per heavy atom. The monoisotopic (exact) mass is 235 g/mol. The van der Waals surface area contributed by atoms with E-state index in [0.717, 1.165) is 6.54 Å². The molecule has 0 aliphatic rings. The number of methoxy groups -OCH3 is 1. The van der Waals surface area contributed by atoms with Crippen molar-refractivity contribution in [2.75, 3.05) is 37.5 Å². The van der Waals surface area contributed by atoms with Gasteiger partial charge in [0.15, 0.2) is 11.6 Å². The first-order valence-corrected chi connectivity index (χ1v) is 5.45. The fourth-order valence-corrected chi connectivity index (χ4v) is 1.44. The quantitative estimate of drug-likeness (QED) is 0.800. The van der Waals surface area contributed by atoms with Crippen molar-refractivity contribution in [1.29, 1.82) is 5.26 Å². The Kier molecular flexibility index (Phi) is 5.01. The molecule has 1 rings (SSSR count). The van der Waals surface area contributed by atoms with E-state index in [9.17, 15) is 0 Å². The molecule has 1 N–H and O–H groups in total. The standard InChI is InChI=1S/C11H17N5O/c1-4-13-10-9(17-3)11(15-8-14-10)16(2)7-5-6-12/h8H,4-5,7H2,1-3H3,(H,13,14,15). The van der Waals surface area contributed by atoms with Crippen LogP contribution in [0.2, 0.25) is 0 Å². The topological polar surface area (TPSA) is 74.1 Å². The van der Waals surface area contributed by atoms with Gasteiger partial charge in [-0.05, 0) is 6.92 Å². The van der Waals surface area contributed by atoms with Crippen LogP contribution < -0.4 is 15.0 Å². The smallest absolute Gasteiger partial charge is 0.204 e. The largest absolute Gasteiger partial charge is 0.490 e. The van der Waals surface area contributed by atoms with E-state index in [2.05, 4.69) is 21.4 Å². The molecule has 0 saturated carbocycles. The summed E-state index contributed by atoms with van der Waals surface area (Å²) in [6.07, 6.45) is 1.93. The van der Waals surface area contributed by atoms with E-state index in [1.807, 2.05) is 18.9 Å². The van der Waals surface area contributed by atoms with Crippen LogP contribution in [0.25, 0.3) is 0 Å². The van der Waals surface area contributed by atoms with Gasteiger partial charge in [-0.1, -0.05) is 0 Å². The first kappa shape index (κ1) is 13.0. The van der Waals surface area contributed by atoms with E-state index in [1.54, 1.807) is 7.11 Å². The summed E-state index contributed by atoms with van der Waals surface area (Å²) in [6, 6.07) is 2.10. The van der Waals surface area contributed by atoms with Crippen molar-refractivity contribution in [3.8, 4) is 11.8 Å². The van der Waals surface area contributed by atoms with Gasteiger partial charge in [-0.3, -0.25) is 0 Å². The molecule has 0 radical (unpaired) electrons. The van der Waals surface area contributed by atoms with Crippen LogP contribution in [0.3, 0.4) is 0 Å². The van der Waals surface area contributed by atoms with Crippen molar-refractivity contribution in [2.45, 2.75) is 13.3 Å². The Labute approximate surface area is 101 Å². The molecule has 0 aromatic carbocycles. The first-order valence-electron chi connectivity index (χ1n) is 5.45. The molecule has 1 aromatic rings. The summed E-state index contributed by atoms with van der Waals surface area (Å²) in [5.41, 5.74) is 0. The summed E-state index contributed by atoms with van der Waals surface area (Å²) in [4.78, 5) is 10.2. The molecular weight excluding hydrogens is 218 g/mol. The maximum atomic E-state index is 8.57. The van der Waals surface area contributed by atoms with Crippen LogP contribution in [0.1, 0.15) is 13.3 Å². The lowest BCUT2D eigenvalue weighted by atomic mass is 10.4. The van der Waals surface area contributed by atoms with Crippen LogP contribution in [0.15, 0.2) is 6.33 Å². The normalized spacial score (nSPS) is 9.53. The third-order valence-corrected chi connectivity index (χ3v) is 2.25. The number of hydrogen-bond acceptors (Lipinski definition) is 6. The molecule has 6 nitrogen and oxygen atoms in total. The second-order valence-electron chi connectivity index (χ2n) is 3.44. The predicted molar refractivity (Wildman–Crippen MR) is 66.2 cm³/mol. The highest BCUT2D eigenvalue weighted by Gasteiger charge is 2.14. The molecular formula is C11H17N5O. The Morgan fingerprint density at radius 2 is 2.29 bits per heavy atom. The molecule has 0 amide bonds. The zero-order valence-electron chi connectivity index (χ0n) is 10.4. The lowest BCUT2D eigenvalue weighted by molar-refractivity contribution is 0.413. The van der Waals surface area contributed by atoms with Gasteiger partial charge >= 0.3 is 0 Å². The molecule has 0 spiro atoms. The summed E-state index contributed by atoms with van der Waals surface area (Å²) in [7, 11) is 3.46. The van der Waals surface area contributed by atoms with Gasteiger partial charge in [-0.15, -0.1) is 0 Å². The van der Waals surface area contributed by atoms with Crippen LogP contribution in [0.5, 0.6) is 5.75 Å². The minimum atomic E-state index is 0.445. The molecule has 0 fully saturated rings. The SMILES string of the molecule is CCNc1ncnc(N(C)CCC#N)c1OC. The van der Waals surface area contributed by atoms with Crippen LogP contribution in [-0.4, -0.2) is 37.2 Å². The summed E-state index contributed by atoms with van der Waals surface area (Å²) in [6.45, 7) is 3.35. The molecule has 92 valence electrons. The first-order chi connectivity index (χ1) is 8.24. The average Bonchev–Trinajstić information content (AvgIpc) is 2.36. The molecule has 0 aliphatic heterocycles. The van der Waals surface area contributed by atoms with Crippen molar-refractivity contribution >= 4 is 11.6 Å². The number of ether oxygens (including phenoxy) is 1. The molecule has 17 heavy (non-hydrogen) atoms. The van der Waals surface area contributed by atoms with Gasteiger partial charge in [-0.25, -0.2) is 9.97 Å². The number of nitriles is 1. The van der Waals surface area contributed by atoms with Crippen molar-refractivity contribution < 1.29 is 4.74 Å². The molecule has 1 aromatic heterocycles. The second kappa shape index (κ2) is 6.53. The van der Waals surface area contributed by atoms with Crippen molar-refractivity contribution in [3.05, 3.63) is 6.33 Å². The molecule has 0 saturated heterocycles. The van der Waals surface area contributed by atoms with Gasteiger partial charge in [0.2, 0.25) is 5.75 Å². The average molecular weight is 235 g/mol. The van der Waals surface area contributed by atoms with E-state index in [-0.39, 0.29) is 0 Å². The zero-order chi connectivity index (χ0) is 12.7. The highest BCUT2D eigenvalue weighted by atomic mass is 16.5. The minimum absolute atomic E-state index is 0.445. The maximum absolute atomic E-state index is 8.57. The maximum Gasteiger partial charge on any atom is 0.204 e. The Morgan fingerprint density at radius 3 is 2.88 bits per heavy atom. The van der Waals surface area contributed by atoms with Crippen LogP contribution in [0.4, 0.5) is 11.6 Å². The van der Waals surface area contributed by atoms with E-state index < -0.39 is 0 Å². The highest BCUT2D eigenvalue weighted by Crippen LogP contribution is 2.30. The number of aromatic nitrogens is 2. The van der Waals surface area contributed by atoms with Gasteiger partial charge in [-0.2, -0.15) is 5.26 Å². The van der Waals surface area contributed by atoms with Gasteiger partial charge in [0.25, 0.3) is 0 Å². The van der Waals surface area contributed by atoms with Crippen molar-refractivity contribution in [3.63, 3.8) is 0 Å². The van der Waals surface area contributed by atoms with Crippen molar-refractivity contribution in [2.24, 2.45) is 0 Å². The Bertz CT molecular complexity index is 401. The van der Waals surface area contributed by atoms with Gasteiger partial charge in [0.1, 0.15) is 6.33 Å². The van der Waals surface area contributed by atoms with Crippen molar-refractivity contribution in [1.82, 2.24) is 9.97 Å². The summed E-state index contributed by atoms with van der Waals surface area (Å²) >= 11 is 0. The highest BCUT2D eigenvalue weighted by molar-refractivity contribution is 5.64. The van der Waals surface area contributed by atoms with E-state index in [0.29, 0.717) is 30.4 Å². The number of nitrogens with zero attached hydrogens (tertiary/aromatic N) is 4. The number of hydrogen-bond donors (Lipinski definition) is 1. The third kappa shape index (κ3) is 3.21. The third-order valence-electron chi connectivity index (χ3n) is 2.25. The number of anilines is 2. The molecule has 0 bridgehead atoms. The summed E-state index contributed by atoms with van der Waals surface area (Å²) in [5.74, 6) is 1.97. The number of rotatable bonds is 6. The Hall–Kier alpha value is -2.03. The summed E-state index contributed by atoms with van der Waals surface area (Å²) in [5, 5.41) is 11.7. The zero-order valence-corrected chi connectivity index (χ0v) is 10.4. The molecule has 6 heteroatoms. The van der Waals surface area contributed by atoms with Gasteiger partial charge < -0.3 is 15.0 Å². The second-order valence-corrected chi connectivity index (χ2v) is 3.44. The molecule has 0 aliphatic carbocycles. The minimum Gasteiger partial charge on any atom is -0.490 e. The lowest BCUT2D eigenvalue weighted by Crippen LogP contribution is -2.21. The predicted octanol–water partition coefficient (Wildman–Crippen LogP) is 1.27. The fourth-order valence-electron chi connectivity index (χ4n) is 1.44. The van der Waals surface area contributed by atoms with E-state index >= 15 is 0 Å². The van der Waals surface area contributed by atoms with Gasteiger partial charge in [0.05, 0.1) is 19.6 Å². The lowest BCUT2D eigenvalue weighted by Gasteiger charge is -2.20. The number of nitrogens with one attached hydrogen (secondary N) is 1. The molecule has 1 heterocycles. The fraction of sp³-hybridized carbons (Fsp3) is 0.545. The molecule has 0 unspecified atom stereocenters.